The van der Waals surface area contributed by atoms with Crippen LogP contribution in [0.3, 0.4) is 0 Å². The highest BCUT2D eigenvalue weighted by atomic mass is 16.5. The van der Waals surface area contributed by atoms with Gasteiger partial charge in [0.25, 0.3) is 5.78 Å². The van der Waals surface area contributed by atoms with E-state index in [0.717, 1.165) is 42.6 Å². The van der Waals surface area contributed by atoms with Crippen molar-refractivity contribution in [3.8, 4) is 0 Å². The lowest BCUT2D eigenvalue weighted by Gasteiger charge is -2.10. The van der Waals surface area contributed by atoms with Crippen molar-refractivity contribution in [2.24, 2.45) is 0 Å². The highest BCUT2D eigenvalue weighted by Gasteiger charge is 2.12. The molecule has 0 aliphatic carbocycles. The average molecular weight is 361 g/mol. The van der Waals surface area contributed by atoms with Gasteiger partial charge in [0, 0.05) is 30.8 Å². The molecule has 2 heterocycles. The number of rotatable bonds is 10. The van der Waals surface area contributed by atoms with E-state index >= 15 is 0 Å². The van der Waals surface area contributed by atoms with E-state index in [4.69, 9.17) is 0 Å². The SMILES string of the molecule is COC(=O)CCCCCCNC(=O)CCc1c(C)nc2ncnn2c1C. The first-order valence-electron chi connectivity index (χ1n) is 9.02. The Hall–Kier alpha value is -2.51. The molecule has 0 radical (unpaired) electrons. The predicted octanol–water partition coefficient (Wildman–Crippen LogP) is 1.91. The minimum absolute atomic E-state index is 0.0389. The number of amides is 1. The number of unbranched alkanes of at least 4 members (excludes halogenated alkanes) is 3. The van der Waals surface area contributed by atoms with Gasteiger partial charge in [-0.2, -0.15) is 10.1 Å². The third-order valence-electron chi connectivity index (χ3n) is 4.45. The van der Waals surface area contributed by atoms with E-state index in [1.165, 1.54) is 13.4 Å². The van der Waals surface area contributed by atoms with Crippen LogP contribution in [-0.2, 0) is 20.7 Å². The number of hydrogen-bond donors (Lipinski definition) is 1. The summed E-state index contributed by atoms with van der Waals surface area (Å²) in [5.41, 5.74) is 2.91. The maximum Gasteiger partial charge on any atom is 0.305 e. The Morgan fingerprint density at radius 1 is 1.15 bits per heavy atom. The Balaban J connectivity index is 1.67. The summed E-state index contributed by atoms with van der Waals surface area (Å²) in [4.78, 5) is 31.6. The van der Waals surface area contributed by atoms with Crippen LogP contribution >= 0.6 is 0 Å². The van der Waals surface area contributed by atoms with E-state index in [9.17, 15) is 9.59 Å². The van der Waals surface area contributed by atoms with Crippen molar-refractivity contribution in [1.82, 2.24) is 24.9 Å². The third-order valence-corrected chi connectivity index (χ3v) is 4.45. The monoisotopic (exact) mass is 361 g/mol. The van der Waals surface area contributed by atoms with Crippen LogP contribution in [0.15, 0.2) is 6.33 Å². The lowest BCUT2D eigenvalue weighted by molar-refractivity contribution is -0.140. The van der Waals surface area contributed by atoms with E-state index in [-0.39, 0.29) is 11.9 Å². The molecule has 0 atom stereocenters. The van der Waals surface area contributed by atoms with Gasteiger partial charge >= 0.3 is 5.97 Å². The van der Waals surface area contributed by atoms with Gasteiger partial charge in [-0.05, 0) is 38.7 Å². The molecule has 0 aliphatic heterocycles. The zero-order valence-electron chi connectivity index (χ0n) is 15.7. The van der Waals surface area contributed by atoms with Crippen molar-refractivity contribution < 1.29 is 14.3 Å². The van der Waals surface area contributed by atoms with Gasteiger partial charge in [0.1, 0.15) is 6.33 Å². The number of esters is 1. The number of nitrogens with zero attached hydrogens (tertiary/aromatic N) is 4. The number of hydrogen-bond acceptors (Lipinski definition) is 6. The quantitative estimate of drug-likeness (QED) is 0.513. The molecule has 1 amide bonds. The molecule has 0 aromatic carbocycles. The summed E-state index contributed by atoms with van der Waals surface area (Å²) in [6, 6.07) is 0. The molecular weight excluding hydrogens is 334 g/mol. The van der Waals surface area contributed by atoms with E-state index in [0.29, 0.717) is 31.6 Å². The Labute approximate surface area is 153 Å². The Kier molecular flexibility index (Phi) is 7.50. The van der Waals surface area contributed by atoms with Crippen LogP contribution in [-0.4, -0.2) is 45.1 Å². The maximum absolute atomic E-state index is 12.0. The molecule has 0 saturated heterocycles. The smallest absolute Gasteiger partial charge is 0.305 e. The van der Waals surface area contributed by atoms with Gasteiger partial charge in [-0.15, -0.1) is 0 Å². The summed E-state index contributed by atoms with van der Waals surface area (Å²) in [6.45, 7) is 4.57. The van der Waals surface area contributed by atoms with Crippen LogP contribution in [0.25, 0.3) is 5.78 Å². The maximum atomic E-state index is 12.0. The topological polar surface area (TPSA) is 98.5 Å². The average Bonchev–Trinajstić information content (AvgIpc) is 3.08. The molecule has 0 spiro atoms. The zero-order chi connectivity index (χ0) is 18.9. The number of nitrogens with one attached hydrogen (secondary N) is 1. The summed E-state index contributed by atoms with van der Waals surface area (Å²) in [5.74, 6) is 0.458. The fraction of sp³-hybridized carbons (Fsp3) is 0.611. The van der Waals surface area contributed by atoms with Gasteiger partial charge in [0.2, 0.25) is 5.91 Å². The van der Waals surface area contributed by atoms with Gasteiger partial charge < -0.3 is 10.1 Å². The van der Waals surface area contributed by atoms with Crippen LogP contribution in [0.1, 0.15) is 55.5 Å². The molecule has 0 fully saturated rings. The fourth-order valence-electron chi connectivity index (χ4n) is 2.92. The van der Waals surface area contributed by atoms with Crippen LogP contribution in [0.2, 0.25) is 0 Å². The zero-order valence-corrected chi connectivity index (χ0v) is 15.7. The van der Waals surface area contributed by atoms with Crippen molar-refractivity contribution in [1.29, 1.82) is 0 Å². The van der Waals surface area contributed by atoms with E-state index in [1.807, 2.05) is 13.8 Å². The Morgan fingerprint density at radius 2 is 1.92 bits per heavy atom. The summed E-state index contributed by atoms with van der Waals surface area (Å²) in [6.07, 6.45) is 6.70. The minimum Gasteiger partial charge on any atom is -0.469 e. The van der Waals surface area contributed by atoms with E-state index < -0.39 is 0 Å². The summed E-state index contributed by atoms with van der Waals surface area (Å²) >= 11 is 0. The van der Waals surface area contributed by atoms with E-state index in [2.05, 4.69) is 25.1 Å². The first kappa shape index (κ1) is 19.8. The molecule has 26 heavy (non-hydrogen) atoms. The van der Waals surface area contributed by atoms with Crippen molar-refractivity contribution >= 4 is 17.7 Å². The summed E-state index contributed by atoms with van der Waals surface area (Å²) in [5, 5.41) is 7.11. The molecule has 0 aliphatic rings. The van der Waals surface area contributed by atoms with Crippen LogP contribution < -0.4 is 5.32 Å². The molecule has 0 unspecified atom stereocenters. The Bertz CT molecular complexity index is 757. The fourth-order valence-corrected chi connectivity index (χ4v) is 2.92. The first-order chi connectivity index (χ1) is 12.5. The number of carbonyl (C=O) groups excluding carboxylic acids is 2. The van der Waals surface area contributed by atoms with Gasteiger partial charge in [-0.1, -0.05) is 12.8 Å². The number of fused-ring (bicyclic) bond motifs is 1. The molecule has 1 N–H and O–H groups in total. The number of ether oxygens (including phenoxy) is 1. The molecule has 142 valence electrons. The second-order valence-corrected chi connectivity index (χ2v) is 6.32. The van der Waals surface area contributed by atoms with E-state index in [1.54, 1.807) is 4.52 Å². The number of aryl methyl sites for hydroxylation is 2. The van der Waals surface area contributed by atoms with Crippen LogP contribution in [0, 0.1) is 13.8 Å². The molecule has 0 saturated carbocycles. The molecule has 8 heteroatoms. The predicted molar refractivity (Wildman–Crippen MR) is 96.7 cm³/mol. The number of methoxy groups -OCH3 is 1. The lowest BCUT2D eigenvalue weighted by Crippen LogP contribution is -2.25. The summed E-state index contributed by atoms with van der Waals surface area (Å²) < 4.78 is 6.30. The number of aromatic nitrogens is 4. The molecule has 2 aromatic rings. The minimum atomic E-state index is -0.164. The van der Waals surface area contributed by atoms with Crippen molar-refractivity contribution in [2.75, 3.05) is 13.7 Å². The lowest BCUT2D eigenvalue weighted by atomic mass is 10.1. The summed E-state index contributed by atoms with van der Waals surface area (Å²) in [7, 11) is 1.40. The standard InChI is InChI=1S/C18H27N5O3/c1-13-15(14(2)23-18(22-13)20-12-21-23)9-10-16(24)19-11-7-5-4-6-8-17(25)26-3/h12H,4-11H2,1-3H3,(H,19,24). The largest absolute Gasteiger partial charge is 0.469 e. The van der Waals surface area contributed by atoms with Gasteiger partial charge in [-0.3, -0.25) is 9.59 Å². The van der Waals surface area contributed by atoms with Gasteiger partial charge in [0.05, 0.1) is 7.11 Å². The highest BCUT2D eigenvalue weighted by Crippen LogP contribution is 2.14. The van der Waals surface area contributed by atoms with Gasteiger partial charge in [0.15, 0.2) is 0 Å². The molecule has 2 rings (SSSR count). The Morgan fingerprint density at radius 3 is 2.69 bits per heavy atom. The van der Waals surface area contributed by atoms with Crippen molar-refractivity contribution in [3.05, 3.63) is 23.3 Å². The molecule has 0 bridgehead atoms. The van der Waals surface area contributed by atoms with Crippen molar-refractivity contribution in [2.45, 2.75) is 58.8 Å². The first-order valence-corrected chi connectivity index (χ1v) is 9.02. The normalized spacial score (nSPS) is 10.9. The van der Waals surface area contributed by atoms with Crippen molar-refractivity contribution in [3.63, 3.8) is 0 Å². The van der Waals surface area contributed by atoms with Gasteiger partial charge in [-0.25, -0.2) is 9.50 Å². The highest BCUT2D eigenvalue weighted by molar-refractivity contribution is 5.76. The number of carbonyl (C=O) groups is 2. The van der Waals surface area contributed by atoms with Crippen LogP contribution in [0.4, 0.5) is 0 Å². The molecule has 2 aromatic heterocycles. The van der Waals surface area contributed by atoms with Crippen LogP contribution in [0.5, 0.6) is 0 Å². The third kappa shape index (κ3) is 5.50. The second kappa shape index (κ2) is 9.84. The molecular formula is C18H27N5O3. The second-order valence-electron chi connectivity index (χ2n) is 6.32. The molecule has 8 nitrogen and oxygen atoms in total.